The molecule has 0 spiro atoms. The number of hydrazine groups is 1. The van der Waals surface area contributed by atoms with Crippen LogP contribution in [0.25, 0.3) is 0 Å². The molecule has 0 radical (unpaired) electrons. The van der Waals surface area contributed by atoms with Crippen molar-refractivity contribution in [1.82, 2.24) is 0 Å². The van der Waals surface area contributed by atoms with Gasteiger partial charge in [-0.15, -0.1) is 0 Å². The van der Waals surface area contributed by atoms with Crippen LogP contribution in [-0.2, 0) is 10.0 Å². The van der Waals surface area contributed by atoms with Gasteiger partial charge in [0.2, 0.25) is 0 Å². The molecule has 2 rings (SSSR count). The molecular formula is C12H13N3O2S. The Labute approximate surface area is 106 Å². The van der Waals surface area contributed by atoms with E-state index in [0.717, 1.165) is 0 Å². The molecule has 0 bridgehead atoms. The highest BCUT2D eigenvalue weighted by Crippen LogP contribution is 2.25. The third-order valence-corrected chi connectivity index (χ3v) is 4.06. The second kappa shape index (κ2) is 4.67. The molecule has 0 aliphatic carbocycles. The summed E-state index contributed by atoms with van der Waals surface area (Å²) in [7, 11) is -3.78. The van der Waals surface area contributed by atoms with Crippen molar-refractivity contribution in [3.63, 3.8) is 0 Å². The Bertz CT molecular complexity index is 641. The van der Waals surface area contributed by atoms with Gasteiger partial charge in [0.05, 0.1) is 16.3 Å². The molecule has 5 nitrogen and oxygen atoms in total. The van der Waals surface area contributed by atoms with Gasteiger partial charge in [-0.05, 0) is 24.3 Å². The van der Waals surface area contributed by atoms with Gasteiger partial charge in [0, 0.05) is 0 Å². The number of hydrogen-bond acceptors (Lipinski definition) is 4. The van der Waals surface area contributed by atoms with E-state index in [0.29, 0.717) is 10.1 Å². The molecule has 0 saturated carbocycles. The lowest BCUT2D eigenvalue weighted by Gasteiger charge is -2.20. The summed E-state index contributed by atoms with van der Waals surface area (Å²) >= 11 is 0. The number of nitrogen functional groups attached to an aromatic ring is 1. The molecule has 0 amide bonds. The molecule has 0 saturated heterocycles. The highest BCUT2D eigenvalue weighted by atomic mass is 32.2. The molecule has 2 aromatic carbocycles. The van der Waals surface area contributed by atoms with Crippen molar-refractivity contribution in [2.45, 2.75) is 4.90 Å². The molecule has 18 heavy (non-hydrogen) atoms. The van der Waals surface area contributed by atoms with Crippen molar-refractivity contribution < 1.29 is 8.42 Å². The summed E-state index contributed by atoms with van der Waals surface area (Å²) in [6.07, 6.45) is 0. The van der Waals surface area contributed by atoms with E-state index >= 15 is 0 Å². The van der Waals surface area contributed by atoms with Gasteiger partial charge < -0.3 is 5.73 Å². The number of anilines is 2. The maximum atomic E-state index is 12.2. The number of nitrogens with zero attached hydrogens (tertiary/aromatic N) is 1. The fraction of sp³-hybridized carbons (Fsp3) is 0. The first-order valence-electron chi connectivity index (χ1n) is 5.23. The molecule has 94 valence electrons. The van der Waals surface area contributed by atoms with E-state index in [9.17, 15) is 8.42 Å². The van der Waals surface area contributed by atoms with Gasteiger partial charge in [0.15, 0.2) is 0 Å². The molecular weight excluding hydrogens is 250 g/mol. The Morgan fingerprint density at radius 1 is 0.889 bits per heavy atom. The van der Waals surface area contributed by atoms with Crippen molar-refractivity contribution in [1.29, 1.82) is 0 Å². The largest absolute Gasteiger partial charge is 0.397 e. The predicted molar refractivity (Wildman–Crippen MR) is 71.1 cm³/mol. The average Bonchev–Trinajstić information content (AvgIpc) is 2.39. The summed E-state index contributed by atoms with van der Waals surface area (Å²) in [5.74, 6) is 5.67. The van der Waals surface area contributed by atoms with Crippen LogP contribution in [0.3, 0.4) is 0 Å². The van der Waals surface area contributed by atoms with Crippen LogP contribution in [0.5, 0.6) is 0 Å². The van der Waals surface area contributed by atoms with Gasteiger partial charge in [0.1, 0.15) is 0 Å². The topological polar surface area (TPSA) is 89.4 Å². The van der Waals surface area contributed by atoms with Gasteiger partial charge in [0.25, 0.3) is 10.0 Å². The van der Waals surface area contributed by atoms with E-state index < -0.39 is 10.0 Å². The molecule has 2 aromatic rings. The van der Waals surface area contributed by atoms with Crippen LogP contribution in [0.2, 0.25) is 0 Å². The Morgan fingerprint density at radius 3 is 2.06 bits per heavy atom. The number of benzene rings is 2. The third-order valence-electron chi connectivity index (χ3n) is 2.47. The zero-order valence-electron chi connectivity index (χ0n) is 9.52. The fourth-order valence-electron chi connectivity index (χ4n) is 1.52. The summed E-state index contributed by atoms with van der Waals surface area (Å²) in [5, 5.41) is 0. The average molecular weight is 263 g/mol. The molecule has 6 heteroatoms. The zero-order chi connectivity index (χ0) is 13.2. The number of rotatable bonds is 3. The first kappa shape index (κ1) is 12.4. The molecule has 4 N–H and O–H groups in total. The van der Waals surface area contributed by atoms with E-state index in [1.54, 1.807) is 42.5 Å². The van der Waals surface area contributed by atoms with Crippen LogP contribution >= 0.6 is 0 Å². The summed E-state index contributed by atoms with van der Waals surface area (Å²) < 4.78 is 25.2. The third kappa shape index (κ3) is 2.15. The standard InChI is InChI=1S/C12H13N3O2S/c13-11-8-4-5-9-12(11)15(14)18(16,17)10-6-2-1-3-7-10/h1-9H,13-14H2. The van der Waals surface area contributed by atoms with Gasteiger partial charge in [-0.2, -0.15) is 12.8 Å². The van der Waals surface area contributed by atoms with Crippen LogP contribution in [-0.4, -0.2) is 8.42 Å². The van der Waals surface area contributed by atoms with Crippen LogP contribution < -0.4 is 16.0 Å². The first-order valence-corrected chi connectivity index (χ1v) is 6.67. The Morgan fingerprint density at radius 2 is 1.44 bits per heavy atom. The van der Waals surface area contributed by atoms with Crippen LogP contribution in [0, 0.1) is 0 Å². The second-order valence-corrected chi connectivity index (χ2v) is 5.49. The Kier molecular flexibility index (Phi) is 3.22. The second-order valence-electron chi connectivity index (χ2n) is 3.67. The maximum absolute atomic E-state index is 12.2. The lowest BCUT2D eigenvalue weighted by molar-refractivity contribution is 0.592. The van der Waals surface area contributed by atoms with Crippen molar-refractivity contribution in [3.8, 4) is 0 Å². The summed E-state index contributed by atoms with van der Waals surface area (Å²) in [6.45, 7) is 0. The Balaban J connectivity index is 2.47. The molecule has 0 unspecified atom stereocenters. The molecule has 0 atom stereocenters. The van der Waals surface area contributed by atoms with Crippen molar-refractivity contribution in [2.75, 3.05) is 10.1 Å². The van der Waals surface area contributed by atoms with E-state index in [2.05, 4.69) is 0 Å². The van der Waals surface area contributed by atoms with E-state index in [1.807, 2.05) is 0 Å². The van der Waals surface area contributed by atoms with E-state index in [4.69, 9.17) is 11.6 Å². The van der Waals surface area contributed by atoms with Crippen LogP contribution in [0.15, 0.2) is 59.5 Å². The number of sulfonamides is 1. The lowest BCUT2D eigenvalue weighted by Crippen LogP contribution is -2.37. The predicted octanol–water partition coefficient (Wildman–Crippen LogP) is 1.34. The number of para-hydroxylation sites is 2. The van der Waals surface area contributed by atoms with Crippen LogP contribution in [0.1, 0.15) is 0 Å². The van der Waals surface area contributed by atoms with Crippen molar-refractivity contribution in [2.24, 2.45) is 5.84 Å². The van der Waals surface area contributed by atoms with Crippen molar-refractivity contribution >= 4 is 21.4 Å². The summed E-state index contributed by atoms with van der Waals surface area (Å²) in [5.41, 5.74) is 6.27. The quantitative estimate of drug-likeness (QED) is 0.497. The highest BCUT2D eigenvalue weighted by molar-refractivity contribution is 7.92. The minimum absolute atomic E-state index is 0.121. The van der Waals surface area contributed by atoms with Crippen molar-refractivity contribution in [3.05, 3.63) is 54.6 Å². The lowest BCUT2D eigenvalue weighted by atomic mass is 10.3. The molecule has 0 aromatic heterocycles. The highest BCUT2D eigenvalue weighted by Gasteiger charge is 2.22. The van der Waals surface area contributed by atoms with Crippen LogP contribution in [0.4, 0.5) is 11.4 Å². The normalized spacial score (nSPS) is 11.2. The van der Waals surface area contributed by atoms with E-state index in [-0.39, 0.29) is 10.6 Å². The number of hydrogen-bond donors (Lipinski definition) is 2. The maximum Gasteiger partial charge on any atom is 0.277 e. The summed E-state index contributed by atoms with van der Waals surface area (Å²) in [6, 6.07) is 14.5. The van der Waals surface area contributed by atoms with Gasteiger partial charge in [-0.3, -0.25) is 0 Å². The monoisotopic (exact) mass is 263 g/mol. The number of nitrogens with two attached hydrogens (primary N) is 2. The molecule has 0 fully saturated rings. The fourth-order valence-corrected chi connectivity index (χ4v) is 2.68. The summed E-state index contributed by atoms with van der Waals surface area (Å²) in [4.78, 5) is 0.121. The molecule has 0 aliphatic heterocycles. The van der Waals surface area contributed by atoms with E-state index in [1.165, 1.54) is 12.1 Å². The Hall–Kier alpha value is -2.05. The van der Waals surface area contributed by atoms with Gasteiger partial charge >= 0.3 is 0 Å². The molecule has 0 heterocycles. The zero-order valence-corrected chi connectivity index (χ0v) is 10.3. The SMILES string of the molecule is Nc1ccccc1N(N)S(=O)(=O)c1ccccc1. The minimum Gasteiger partial charge on any atom is -0.397 e. The minimum atomic E-state index is -3.78. The van der Waals surface area contributed by atoms with Gasteiger partial charge in [-0.1, -0.05) is 30.3 Å². The smallest absolute Gasteiger partial charge is 0.277 e. The first-order chi connectivity index (χ1) is 8.53. The molecule has 0 aliphatic rings. The van der Waals surface area contributed by atoms with Gasteiger partial charge in [-0.25, -0.2) is 5.84 Å².